The molecule has 0 aliphatic carbocycles. The number of carbonyl (C=O) groups is 9. The van der Waals surface area contributed by atoms with Crippen LogP contribution in [0.4, 0.5) is 13.2 Å². The molecule has 0 spiro atoms. The van der Waals surface area contributed by atoms with Gasteiger partial charge in [-0.05, 0) is 122 Å². The van der Waals surface area contributed by atoms with Gasteiger partial charge in [-0.15, -0.1) is 0 Å². The minimum atomic E-state index is -1.57. The molecule has 6 atom stereocenters. The van der Waals surface area contributed by atoms with E-state index in [2.05, 4.69) is 73.5 Å². The van der Waals surface area contributed by atoms with Crippen molar-refractivity contribution in [3.05, 3.63) is 161 Å². The number of carbonyl (C=O) groups excluding carboxylic acids is 9. The minimum Gasteiger partial charge on any atom is -0.371 e. The molecular formula is C67H78F3N15O9S2. The molecule has 1 fully saturated rings. The Hall–Kier alpha value is -9.48. The normalized spacial score (nSPS) is 22.2. The van der Waals surface area contributed by atoms with E-state index in [-0.39, 0.29) is 50.9 Å². The fourth-order valence-corrected chi connectivity index (χ4v) is 13.5. The van der Waals surface area contributed by atoms with Crippen LogP contribution in [0.25, 0.3) is 21.8 Å². The van der Waals surface area contributed by atoms with Gasteiger partial charge in [-0.2, -0.15) is 23.5 Å². The monoisotopic (exact) mass is 1360 g/mol. The number of fused-ring (bicyclic) bond motifs is 5. The Morgan fingerprint density at radius 1 is 0.625 bits per heavy atom. The molecule has 7 aromatic rings. The van der Waals surface area contributed by atoms with Crippen molar-refractivity contribution in [3.63, 3.8) is 0 Å². The molecule has 2 bridgehead atoms. The molecule has 2 aliphatic rings. The number of aromatic amines is 3. The summed E-state index contributed by atoms with van der Waals surface area (Å²) in [4.78, 5) is 146. The lowest BCUT2D eigenvalue weighted by atomic mass is 9.95. The standard InChI is InChI=1S/C67H78F3N15O9S2/c1-67-17-6-20-85(67)65(94)57(25-40-7-5-10-45(68)24-40)84-64(93)56(30-48-33-72-38-78-48)82-60(89)35-77-62(91)54(26-43-31-74-51-14-12-46(69)28-49(43)51)83-63(92)55(27-44-32-75-52-15-13-47(70)29-50(44)52)81-59(88)34-76-61(90)53(11-2-3-18-71)80-58(87)16-21-95-36-41-8-4-9-42(23-41)37-96-22-19-73-66(67)79-39-86/h4-5,7-10,12-15,23-24,28-29,31-33,38-39,53-57,74-75H,2-3,6,11,16-22,25-27,30,34-37,71H2,1H3,(H,72,78)(H,76,90)(H,77,91)(H,80,87)(H,81,88)(H,82,89)(H,83,92)(H,84,93)(H,73,79,86)/t53-,54-,55-,56-,57-,67-/m0/s1. The largest absolute Gasteiger partial charge is 0.371 e. The number of nitrogens with zero attached hydrogens (tertiary/aromatic N) is 3. The molecule has 29 heteroatoms. The van der Waals surface area contributed by atoms with Crippen molar-refractivity contribution >= 4 is 105 Å². The summed E-state index contributed by atoms with van der Waals surface area (Å²) in [7, 11) is 0. The zero-order chi connectivity index (χ0) is 68.1. The third-order valence-electron chi connectivity index (χ3n) is 16.8. The number of aromatic nitrogens is 4. The van der Waals surface area contributed by atoms with Gasteiger partial charge in [-0.1, -0.05) is 36.4 Å². The van der Waals surface area contributed by atoms with Crippen LogP contribution < -0.4 is 48.3 Å². The topological polar surface area (TPSA) is 352 Å². The summed E-state index contributed by atoms with van der Waals surface area (Å²) >= 11 is 3.16. The van der Waals surface area contributed by atoms with Gasteiger partial charge in [-0.25, -0.2) is 23.1 Å². The Morgan fingerprint density at radius 2 is 1.21 bits per heavy atom. The molecule has 508 valence electrons. The van der Waals surface area contributed by atoms with Crippen LogP contribution in [0.3, 0.4) is 0 Å². The first-order chi connectivity index (χ1) is 46.3. The number of amidine groups is 1. The minimum absolute atomic E-state index is 0.0753. The molecule has 3 aromatic heterocycles. The molecular weight excluding hydrogens is 1280 g/mol. The summed E-state index contributed by atoms with van der Waals surface area (Å²) in [5.74, 6) is -5.48. The van der Waals surface area contributed by atoms with Crippen molar-refractivity contribution in [1.82, 2.24) is 67.4 Å². The quantitative estimate of drug-likeness (QED) is 0.0575. The predicted molar refractivity (Wildman–Crippen MR) is 359 cm³/mol. The number of hydrogen-bond donors (Lipinski definition) is 12. The highest BCUT2D eigenvalue weighted by atomic mass is 32.2. The third-order valence-corrected chi connectivity index (χ3v) is 18.8. The van der Waals surface area contributed by atoms with Crippen molar-refractivity contribution in [2.75, 3.05) is 44.2 Å². The summed E-state index contributed by atoms with van der Waals surface area (Å²) in [6.45, 7) is 1.19. The summed E-state index contributed by atoms with van der Waals surface area (Å²) in [5, 5.41) is 22.8. The lowest BCUT2D eigenvalue weighted by molar-refractivity contribution is -0.139. The van der Waals surface area contributed by atoms with Crippen molar-refractivity contribution in [2.45, 2.75) is 118 Å². The Bertz CT molecular complexity index is 3940. The van der Waals surface area contributed by atoms with Gasteiger partial charge in [-0.3, -0.25) is 43.2 Å². The van der Waals surface area contributed by atoms with Crippen molar-refractivity contribution in [3.8, 4) is 0 Å². The molecule has 9 rings (SSSR count). The average Bonchev–Trinajstić information content (AvgIpc) is 1.59. The zero-order valence-electron chi connectivity index (χ0n) is 52.8. The van der Waals surface area contributed by atoms with E-state index in [1.54, 1.807) is 24.8 Å². The summed E-state index contributed by atoms with van der Waals surface area (Å²) in [6, 6.07) is 14.5. The first kappa shape index (κ1) is 70.8. The number of H-pyrrole nitrogens is 3. The molecule has 5 heterocycles. The number of nitrogens with two attached hydrogens (primary N) is 1. The van der Waals surface area contributed by atoms with Crippen molar-refractivity contribution in [2.24, 2.45) is 10.7 Å². The molecule has 4 aromatic carbocycles. The van der Waals surface area contributed by atoms with E-state index in [0.29, 0.717) is 112 Å². The number of benzene rings is 4. The van der Waals surface area contributed by atoms with Gasteiger partial charge in [0.05, 0.1) is 25.0 Å². The van der Waals surface area contributed by atoms with Crippen LogP contribution in [0.5, 0.6) is 0 Å². The first-order valence-electron chi connectivity index (χ1n) is 31.6. The maximum atomic E-state index is 15.2. The van der Waals surface area contributed by atoms with E-state index in [1.807, 2.05) is 18.2 Å². The highest BCUT2D eigenvalue weighted by molar-refractivity contribution is 7.98. The second-order valence-corrected chi connectivity index (χ2v) is 26.0. The number of halogens is 3. The van der Waals surface area contributed by atoms with Gasteiger partial charge in [0.2, 0.25) is 53.7 Å². The fourth-order valence-electron chi connectivity index (χ4n) is 11.8. The van der Waals surface area contributed by atoms with Gasteiger partial charge in [0, 0.05) is 114 Å². The highest BCUT2D eigenvalue weighted by Gasteiger charge is 2.46. The number of amides is 9. The number of aliphatic imine (C=N–C) groups is 1. The van der Waals surface area contributed by atoms with Crippen LogP contribution in [-0.2, 0) is 80.3 Å². The summed E-state index contributed by atoms with van der Waals surface area (Å²) < 4.78 is 44.5. The number of imidazole rings is 1. The zero-order valence-corrected chi connectivity index (χ0v) is 54.5. The molecule has 96 heavy (non-hydrogen) atoms. The Morgan fingerprint density at radius 3 is 1.82 bits per heavy atom. The molecule has 0 saturated carbocycles. The summed E-state index contributed by atoms with van der Waals surface area (Å²) in [5.41, 5.74) is 9.16. The number of thioether (sulfide) groups is 2. The maximum absolute atomic E-state index is 15.2. The van der Waals surface area contributed by atoms with Crippen LogP contribution in [0, 0.1) is 17.5 Å². The average molecular weight is 1360 g/mol. The molecule has 0 radical (unpaired) electrons. The van der Waals surface area contributed by atoms with Gasteiger partial charge in [0.15, 0.2) is 0 Å². The number of nitrogens with one attached hydrogen (secondary N) is 11. The second kappa shape index (κ2) is 34.3. The van der Waals surface area contributed by atoms with E-state index in [0.717, 1.165) is 11.1 Å². The van der Waals surface area contributed by atoms with Crippen molar-refractivity contribution < 1.29 is 56.3 Å². The van der Waals surface area contributed by atoms with Crippen LogP contribution >= 0.6 is 23.5 Å². The smallest absolute Gasteiger partial charge is 0.246 e. The highest BCUT2D eigenvalue weighted by Crippen LogP contribution is 2.32. The number of rotatable bonds is 13. The lowest BCUT2D eigenvalue weighted by Crippen LogP contribution is -2.62. The van der Waals surface area contributed by atoms with Crippen LogP contribution in [0.1, 0.15) is 79.0 Å². The fraction of sp³-hybridized carbons (Fsp3) is 0.388. The molecule has 1 saturated heterocycles. The molecule has 0 unspecified atom stereocenters. The number of unbranched alkanes of at least 4 members (excludes halogenated alkanes) is 1. The van der Waals surface area contributed by atoms with Gasteiger partial charge in [0.25, 0.3) is 0 Å². The van der Waals surface area contributed by atoms with E-state index < -0.39 is 114 Å². The number of hydrogen-bond acceptors (Lipinski definition) is 13. The Kier molecular flexibility index (Phi) is 25.3. The molecule has 24 nitrogen and oxygen atoms in total. The maximum Gasteiger partial charge on any atom is 0.246 e. The second-order valence-electron chi connectivity index (χ2n) is 23.8. The third kappa shape index (κ3) is 19.6. The molecule has 13 N–H and O–H groups in total. The summed E-state index contributed by atoms with van der Waals surface area (Å²) in [6.07, 6.45) is 7.38. The van der Waals surface area contributed by atoms with Gasteiger partial charge >= 0.3 is 0 Å². The van der Waals surface area contributed by atoms with Crippen LogP contribution in [0.2, 0.25) is 0 Å². The van der Waals surface area contributed by atoms with Crippen LogP contribution in [0.15, 0.2) is 115 Å². The Balaban J connectivity index is 1.01. The predicted octanol–water partition coefficient (Wildman–Crippen LogP) is 3.94. The molecule has 9 amide bonds. The Labute approximate surface area is 560 Å². The SMILES string of the molecule is C[C@@]12CCCN1C(=O)[C@H](Cc1cccc(F)c1)NC(=O)[C@H](Cc1cnc[nH]1)NC(=O)CNC(=O)[C@H](Cc1c[nH]c3ccc(F)cc13)NC(=O)[C@H](Cc1c[nH]c3ccc(F)cc13)NC(=O)CNC(=O)[C@H](CCCCN)NC(=O)CCSCc1cccc(c1)CSCCN/C2=N\C=O. The van der Waals surface area contributed by atoms with Gasteiger partial charge in [0.1, 0.15) is 53.5 Å². The van der Waals surface area contributed by atoms with Gasteiger partial charge < -0.3 is 68.1 Å². The van der Waals surface area contributed by atoms with E-state index >= 15 is 4.79 Å². The van der Waals surface area contributed by atoms with E-state index in [4.69, 9.17) is 5.73 Å². The first-order valence-corrected chi connectivity index (χ1v) is 33.9. The molecule has 2 aliphatic heterocycles. The van der Waals surface area contributed by atoms with E-state index in [9.17, 15) is 51.5 Å². The van der Waals surface area contributed by atoms with Crippen LogP contribution in [-0.4, -0.2) is 164 Å². The lowest BCUT2D eigenvalue weighted by Gasteiger charge is -2.38. The van der Waals surface area contributed by atoms with Crippen molar-refractivity contribution in [1.29, 1.82) is 0 Å². The van der Waals surface area contributed by atoms with E-state index in [1.165, 1.54) is 96.2 Å².